The monoisotopic (exact) mass is 394 g/mol. The second-order valence-corrected chi connectivity index (χ2v) is 5.86. The van der Waals surface area contributed by atoms with Crippen LogP contribution in [0.4, 0.5) is 0 Å². The molecule has 0 saturated carbocycles. The molecular weight excluding hydrogens is 371 g/mol. The Morgan fingerprint density at radius 2 is 1.77 bits per heavy atom. The highest BCUT2D eigenvalue weighted by Crippen LogP contribution is 2.15. The van der Waals surface area contributed by atoms with Crippen LogP contribution < -0.4 is 11.1 Å². The van der Waals surface area contributed by atoms with Crippen molar-refractivity contribution in [2.24, 2.45) is 12.8 Å². The van der Waals surface area contributed by atoms with Crippen LogP contribution in [0.25, 0.3) is 11.0 Å². The second kappa shape index (κ2) is 10.2. The molecule has 7 heteroatoms. The van der Waals surface area contributed by atoms with Gasteiger partial charge in [-0.3, -0.25) is 4.79 Å². The molecule has 0 bridgehead atoms. The number of hydrogen-bond acceptors (Lipinski definition) is 3. The van der Waals surface area contributed by atoms with Crippen LogP contribution in [0.15, 0.2) is 54.6 Å². The zero-order valence-corrected chi connectivity index (χ0v) is 16.2. The maximum atomic E-state index is 12.1. The molecule has 3 aromatic rings. The summed E-state index contributed by atoms with van der Waals surface area (Å²) in [5.41, 5.74) is 8.94. The van der Waals surface area contributed by atoms with Gasteiger partial charge in [0.25, 0.3) is 0 Å². The van der Waals surface area contributed by atoms with E-state index >= 15 is 0 Å². The van der Waals surface area contributed by atoms with E-state index in [1.165, 1.54) is 0 Å². The first-order chi connectivity index (χ1) is 11.7. The number of hydrogen-bond donors (Lipinski definition) is 2. The number of nitrogens with one attached hydrogen (secondary N) is 1. The van der Waals surface area contributed by atoms with Crippen molar-refractivity contribution < 1.29 is 4.79 Å². The summed E-state index contributed by atoms with van der Waals surface area (Å²) in [6.07, 6.45) is 1.64. The van der Waals surface area contributed by atoms with Crippen molar-refractivity contribution in [3.63, 3.8) is 0 Å². The van der Waals surface area contributed by atoms with E-state index in [1.54, 1.807) is 0 Å². The van der Waals surface area contributed by atoms with Gasteiger partial charge in [-0.1, -0.05) is 42.5 Å². The molecule has 0 spiro atoms. The van der Waals surface area contributed by atoms with E-state index in [-0.39, 0.29) is 30.7 Å². The smallest absolute Gasteiger partial charge is 0.241 e. The largest absolute Gasteiger partial charge is 0.354 e. The Labute approximate surface area is 165 Å². The Hall–Kier alpha value is -2.08. The molecule has 2 aromatic carbocycles. The van der Waals surface area contributed by atoms with E-state index in [4.69, 9.17) is 5.73 Å². The quantitative estimate of drug-likeness (QED) is 0.630. The number of carbonyl (C=O) groups excluding carboxylic acids is 1. The lowest BCUT2D eigenvalue weighted by Crippen LogP contribution is -2.34. The Kier molecular flexibility index (Phi) is 8.58. The van der Waals surface area contributed by atoms with E-state index in [2.05, 4.69) is 20.9 Å². The number of carbonyl (C=O) groups is 1. The molecule has 0 aliphatic heterocycles. The fraction of sp³-hybridized carbons (Fsp3) is 0.263. The van der Waals surface area contributed by atoms with Crippen molar-refractivity contribution in [2.75, 3.05) is 6.54 Å². The SMILES string of the molecule is Cl.Cl.Cn1c(CCCNC(=O)C(N)c2ccccc2)nc2ccccc21. The third kappa shape index (κ3) is 4.97. The van der Waals surface area contributed by atoms with Gasteiger partial charge in [-0.2, -0.15) is 0 Å². The van der Waals surface area contributed by atoms with Crippen molar-refractivity contribution in [3.05, 3.63) is 66.0 Å². The van der Waals surface area contributed by atoms with Gasteiger partial charge in [0.2, 0.25) is 5.91 Å². The molecule has 3 N–H and O–H groups in total. The van der Waals surface area contributed by atoms with Gasteiger partial charge in [0.05, 0.1) is 11.0 Å². The third-order valence-electron chi connectivity index (χ3n) is 4.20. The average Bonchev–Trinajstić information content (AvgIpc) is 2.95. The first-order valence-electron chi connectivity index (χ1n) is 8.15. The van der Waals surface area contributed by atoms with Gasteiger partial charge in [-0.25, -0.2) is 4.98 Å². The maximum Gasteiger partial charge on any atom is 0.241 e. The van der Waals surface area contributed by atoms with Crippen molar-refractivity contribution >= 4 is 41.8 Å². The predicted molar refractivity (Wildman–Crippen MR) is 110 cm³/mol. The molecule has 1 amide bonds. The molecule has 5 nitrogen and oxygen atoms in total. The summed E-state index contributed by atoms with van der Waals surface area (Å²) < 4.78 is 2.10. The predicted octanol–water partition coefficient (Wildman–Crippen LogP) is 3.17. The Bertz CT molecular complexity index is 836. The number of fused-ring (bicyclic) bond motifs is 1. The van der Waals surface area contributed by atoms with Gasteiger partial charge >= 0.3 is 0 Å². The molecule has 0 aliphatic carbocycles. The molecule has 26 heavy (non-hydrogen) atoms. The molecular formula is C19H24Cl2N4O. The van der Waals surface area contributed by atoms with E-state index < -0.39 is 6.04 Å². The summed E-state index contributed by atoms with van der Waals surface area (Å²) in [5, 5.41) is 2.90. The van der Waals surface area contributed by atoms with E-state index in [0.717, 1.165) is 35.3 Å². The summed E-state index contributed by atoms with van der Waals surface area (Å²) in [6.45, 7) is 0.586. The van der Waals surface area contributed by atoms with Crippen LogP contribution in [0.3, 0.4) is 0 Å². The van der Waals surface area contributed by atoms with Gasteiger partial charge < -0.3 is 15.6 Å². The summed E-state index contributed by atoms with van der Waals surface area (Å²) in [6, 6.07) is 16.9. The van der Waals surface area contributed by atoms with Crippen molar-refractivity contribution in [1.29, 1.82) is 0 Å². The summed E-state index contributed by atoms with van der Waals surface area (Å²) in [7, 11) is 2.02. The first kappa shape index (κ1) is 22.0. The van der Waals surface area contributed by atoms with Crippen molar-refractivity contribution in [2.45, 2.75) is 18.9 Å². The lowest BCUT2D eigenvalue weighted by atomic mass is 10.1. The van der Waals surface area contributed by atoms with Crippen LogP contribution in [-0.4, -0.2) is 22.0 Å². The van der Waals surface area contributed by atoms with Crippen molar-refractivity contribution in [1.82, 2.24) is 14.9 Å². The maximum absolute atomic E-state index is 12.1. The molecule has 0 radical (unpaired) electrons. The number of rotatable bonds is 6. The minimum absolute atomic E-state index is 0. The van der Waals surface area contributed by atoms with Crippen LogP contribution in [0.2, 0.25) is 0 Å². The highest BCUT2D eigenvalue weighted by molar-refractivity contribution is 5.85. The van der Waals surface area contributed by atoms with Gasteiger partial charge in [-0.15, -0.1) is 24.8 Å². The number of aromatic nitrogens is 2. The zero-order valence-electron chi connectivity index (χ0n) is 14.6. The second-order valence-electron chi connectivity index (χ2n) is 5.86. The van der Waals surface area contributed by atoms with Gasteiger partial charge in [-0.05, 0) is 24.1 Å². The average molecular weight is 395 g/mol. The fourth-order valence-corrected chi connectivity index (χ4v) is 2.80. The normalized spacial score (nSPS) is 11.3. The first-order valence-corrected chi connectivity index (χ1v) is 8.15. The Morgan fingerprint density at radius 3 is 2.46 bits per heavy atom. The molecule has 1 aromatic heterocycles. The topological polar surface area (TPSA) is 72.9 Å². The molecule has 1 heterocycles. The van der Waals surface area contributed by atoms with Crippen LogP contribution in [-0.2, 0) is 18.3 Å². The molecule has 0 aliphatic rings. The van der Waals surface area contributed by atoms with Gasteiger partial charge in [0.1, 0.15) is 11.9 Å². The minimum atomic E-state index is -0.623. The number of para-hydroxylation sites is 2. The van der Waals surface area contributed by atoms with Crippen LogP contribution in [0.1, 0.15) is 23.9 Å². The highest BCUT2D eigenvalue weighted by atomic mass is 35.5. The molecule has 1 unspecified atom stereocenters. The minimum Gasteiger partial charge on any atom is -0.354 e. The highest BCUT2D eigenvalue weighted by Gasteiger charge is 2.14. The fourth-order valence-electron chi connectivity index (χ4n) is 2.80. The number of nitrogens with zero attached hydrogens (tertiary/aromatic N) is 2. The van der Waals surface area contributed by atoms with E-state index in [0.29, 0.717) is 6.54 Å². The third-order valence-corrected chi connectivity index (χ3v) is 4.20. The number of aryl methyl sites for hydroxylation is 2. The molecule has 3 rings (SSSR count). The van der Waals surface area contributed by atoms with E-state index in [1.807, 2.05) is 55.6 Å². The Balaban J connectivity index is 0.00000169. The number of halogens is 2. The molecule has 0 fully saturated rings. The van der Waals surface area contributed by atoms with Crippen LogP contribution in [0.5, 0.6) is 0 Å². The van der Waals surface area contributed by atoms with E-state index in [9.17, 15) is 4.79 Å². The van der Waals surface area contributed by atoms with Crippen LogP contribution >= 0.6 is 24.8 Å². The lowest BCUT2D eigenvalue weighted by molar-refractivity contribution is -0.122. The molecule has 1 atom stereocenters. The number of nitrogens with two attached hydrogens (primary N) is 1. The number of imidazole rings is 1. The van der Waals surface area contributed by atoms with Gasteiger partial charge in [0.15, 0.2) is 0 Å². The zero-order chi connectivity index (χ0) is 16.9. The van der Waals surface area contributed by atoms with Gasteiger partial charge in [0, 0.05) is 20.0 Å². The van der Waals surface area contributed by atoms with Crippen molar-refractivity contribution in [3.8, 4) is 0 Å². The number of benzene rings is 2. The Morgan fingerprint density at radius 1 is 1.12 bits per heavy atom. The standard InChI is InChI=1S/C19H22N4O.2ClH/c1-23-16-11-6-5-10-15(16)22-17(23)12-7-13-21-19(24)18(20)14-8-3-2-4-9-14;;/h2-6,8-11,18H,7,12-13,20H2,1H3,(H,21,24);2*1H. The molecule has 140 valence electrons. The lowest BCUT2D eigenvalue weighted by Gasteiger charge is -2.12. The summed E-state index contributed by atoms with van der Waals surface area (Å²) in [4.78, 5) is 16.7. The summed E-state index contributed by atoms with van der Waals surface area (Å²) >= 11 is 0. The number of amides is 1. The van der Waals surface area contributed by atoms with Crippen LogP contribution in [0, 0.1) is 0 Å². The molecule has 0 saturated heterocycles. The summed E-state index contributed by atoms with van der Waals surface area (Å²) in [5.74, 6) is 0.879.